The largest absolute Gasteiger partial charge is 0.355 e. The Balaban J connectivity index is 2.33. The van der Waals surface area contributed by atoms with Crippen LogP contribution >= 0.6 is 23.2 Å². The number of hydrogen-bond acceptors (Lipinski definition) is 2. The fourth-order valence-corrected chi connectivity index (χ4v) is 1.40. The molecule has 0 saturated carbocycles. The zero-order chi connectivity index (χ0) is 9.97. The Kier molecular flexibility index (Phi) is 2.61. The number of aromatic nitrogens is 2. The number of halogens is 2. The summed E-state index contributed by atoms with van der Waals surface area (Å²) in [6.07, 6.45) is 4.19. The molecule has 0 N–H and O–H groups in total. The Morgan fingerprint density at radius 3 is 2.57 bits per heavy atom. The Bertz CT molecular complexity index is 408. The van der Waals surface area contributed by atoms with Crippen molar-refractivity contribution in [3.63, 3.8) is 0 Å². The van der Waals surface area contributed by atoms with Crippen molar-refractivity contribution >= 4 is 23.2 Å². The lowest BCUT2D eigenvalue weighted by atomic mass is 10.3. The topological polar surface area (TPSA) is 27.1 Å². The first-order valence-corrected chi connectivity index (χ1v) is 4.57. The molecule has 1 radical (unpaired) electrons. The smallest absolute Gasteiger partial charge is 0.194 e. The fraction of sp³-hybridized carbons (Fsp3) is 0. The monoisotopic (exact) mass is 227 g/mol. The summed E-state index contributed by atoms with van der Waals surface area (Å²) in [5, 5.41) is 4.62. The van der Waals surface area contributed by atoms with Crippen LogP contribution in [0.5, 0.6) is 5.75 Å². The molecular weight excluding hydrogens is 223 g/mol. The van der Waals surface area contributed by atoms with Crippen LogP contribution in [-0.2, 0) is 0 Å². The van der Waals surface area contributed by atoms with Gasteiger partial charge < -0.3 is 4.84 Å². The maximum Gasteiger partial charge on any atom is 0.194 e. The number of hydrogen-bond donors (Lipinski definition) is 0. The van der Waals surface area contributed by atoms with Crippen molar-refractivity contribution in [1.82, 2.24) is 9.94 Å². The van der Waals surface area contributed by atoms with Crippen LogP contribution in [0.4, 0.5) is 0 Å². The minimum Gasteiger partial charge on any atom is -0.355 e. The highest BCUT2D eigenvalue weighted by Crippen LogP contribution is 2.32. The molecule has 0 aliphatic carbocycles. The predicted molar refractivity (Wildman–Crippen MR) is 53.6 cm³/mol. The highest BCUT2D eigenvalue weighted by molar-refractivity contribution is 6.37. The molecule has 0 saturated heterocycles. The van der Waals surface area contributed by atoms with Gasteiger partial charge in [-0.05, 0) is 18.2 Å². The molecule has 71 valence electrons. The van der Waals surface area contributed by atoms with Gasteiger partial charge in [0.1, 0.15) is 6.20 Å². The molecule has 1 heterocycles. The van der Waals surface area contributed by atoms with Crippen molar-refractivity contribution in [3.8, 4) is 5.75 Å². The minimum absolute atomic E-state index is 0.382. The number of para-hydroxylation sites is 1. The van der Waals surface area contributed by atoms with E-state index in [0.717, 1.165) is 0 Å². The first-order valence-electron chi connectivity index (χ1n) is 3.81. The van der Waals surface area contributed by atoms with Crippen LogP contribution in [0.15, 0.2) is 30.5 Å². The molecule has 0 amide bonds. The molecule has 1 aromatic carbocycles. The Labute approximate surface area is 90.8 Å². The third kappa shape index (κ3) is 1.84. The molecule has 0 unspecified atom stereocenters. The highest BCUT2D eigenvalue weighted by Gasteiger charge is 2.07. The lowest BCUT2D eigenvalue weighted by Gasteiger charge is -2.07. The van der Waals surface area contributed by atoms with Gasteiger partial charge in [0.25, 0.3) is 0 Å². The number of nitrogens with zero attached hydrogens (tertiary/aromatic N) is 2. The first-order chi connectivity index (χ1) is 6.77. The van der Waals surface area contributed by atoms with Crippen LogP contribution in [0, 0.1) is 6.20 Å². The average Bonchev–Trinajstić information content (AvgIpc) is 2.64. The molecule has 0 aliphatic heterocycles. The van der Waals surface area contributed by atoms with Crippen LogP contribution in [-0.4, -0.2) is 9.94 Å². The van der Waals surface area contributed by atoms with Crippen LogP contribution in [0.25, 0.3) is 0 Å². The van der Waals surface area contributed by atoms with E-state index in [9.17, 15) is 0 Å². The summed E-state index contributed by atoms with van der Waals surface area (Å²) in [5.74, 6) is 0.382. The van der Waals surface area contributed by atoms with E-state index in [2.05, 4.69) is 11.3 Å². The SMILES string of the molecule is Clc1cccc(Cl)c1On1cc[c]n1. The molecule has 0 atom stereocenters. The minimum atomic E-state index is 0.382. The van der Waals surface area contributed by atoms with Gasteiger partial charge in [-0.3, -0.25) is 0 Å². The van der Waals surface area contributed by atoms with Crippen molar-refractivity contribution < 1.29 is 4.84 Å². The summed E-state index contributed by atoms with van der Waals surface area (Å²) >= 11 is 11.8. The lowest BCUT2D eigenvalue weighted by Crippen LogP contribution is -2.05. The van der Waals surface area contributed by atoms with Gasteiger partial charge in [-0.25, -0.2) is 0 Å². The fourth-order valence-electron chi connectivity index (χ4n) is 0.935. The highest BCUT2D eigenvalue weighted by atomic mass is 35.5. The molecule has 14 heavy (non-hydrogen) atoms. The molecule has 0 bridgehead atoms. The van der Waals surface area contributed by atoms with E-state index >= 15 is 0 Å². The molecular formula is C9H5Cl2N2O. The van der Waals surface area contributed by atoms with Crippen molar-refractivity contribution in [1.29, 1.82) is 0 Å². The van der Waals surface area contributed by atoms with E-state index in [1.807, 2.05) is 0 Å². The summed E-state index contributed by atoms with van der Waals surface area (Å²) < 4.78 is 0. The molecule has 5 heteroatoms. The summed E-state index contributed by atoms with van der Waals surface area (Å²) in [5.41, 5.74) is 0. The van der Waals surface area contributed by atoms with Gasteiger partial charge in [0.2, 0.25) is 0 Å². The molecule has 1 aromatic heterocycles. The summed E-state index contributed by atoms with van der Waals surface area (Å²) in [4.78, 5) is 6.52. The third-order valence-corrected chi connectivity index (χ3v) is 2.13. The molecule has 2 aromatic rings. The Hall–Kier alpha value is -1.19. The van der Waals surface area contributed by atoms with Gasteiger partial charge in [0.15, 0.2) is 5.75 Å². The van der Waals surface area contributed by atoms with E-state index in [1.165, 1.54) is 4.85 Å². The molecule has 0 spiro atoms. The maximum absolute atomic E-state index is 5.89. The van der Waals surface area contributed by atoms with E-state index < -0.39 is 0 Å². The molecule has 3 nitrogen and oxygen atoms in total. The lowest BCUT2D eigenvalue weighted by molar-refractivity contribution is 0.179. The second kappa shape index (κ2) is 3.90. The van der Waals surface area contributed by atoms with Crippen molar-refractivity contribution in [2.24, 2.45) is 0 Å². The van der Waals surface area contributed by atoms with Gasteiger partial charge in [-0.15, -0.1) is 5.10 Å². The Morgan fingerprint density at radius 1 is 1.29 bits per heavy atom. The van der Waals surface area contributed by atoms with Crippen LogP contribution in [0.1, 0.15) is 0 Å². The summed E-state index contributed by atoms with van der Waals surface area (Å²) in [6, 6.07) is 6.74. The third-order valence-electron chi connectivity index (χ3n) is 1.54. The second-order valence-electron chi connectivity index (χ2n) is 2.49. The van der Waals surface area contributed by atoms with Gasteiger partial charge in [-0.2, -0.15) is 0 Å². The molecule has 0 fully saturated rings. The van der Waals surface area contributed by atoms with Crippen molar-refractivity contribution in [3.05, 3.63) is 46.7 Å². The molecule has 0 aliphatic rings. The zero-order valence-corrected chi connectivity index (χ0v) is 8.46. The van der Waals surface area contributed by atoms with Crippen LogP contribution in [0.3, 0.4) is 0 Å². The van der Waals surface area contributed by atoms with Gasteiger partial charge >= 0.3 is 0 Å². The first kappa shape index (κ1) is 9.37. The maximum atomic E-state index is 5.89. The Morgan fingerprint density at radius 2 is 2.00 bits per heavy atom. The van der Waals surface area contributed by atoms with Crippen LogP contribution in [0.2, 0.25) is 10.0 Å². The quantitative estimate of drug-likeness (QED) is 0.790. The van der Waals surface area contributed by atoms with E-state index in [0.29, 0.717) is 15.8 Å². The van der Waals surface area contributed by atoms with E-state index in [1.54, 1.807) is 30.5 Å². The van der Waals surface area contributed by atoms with Crippen molar-refractivity contribution in [2.45, 2.75) is 0 Å². The zero-order valence-electron chi connectivity index (χ0n) is 6.95. The average molecular weight is 228 g/mol. The van der Waals surface area contributed by atoms with E-state index in [4.69, 9.17) is 28.0 Å². The summed E-state index contributed by atoms with van der Waals surface area (Å²) in [7, 11) is 0. The standard InChI is InChI=1S/C9H5Cl2N2O/c10-7-3-1-4-8(11)9(7)14-13-6-2-5-12-13/h1-4,6H. The predicted octanol–water partition coefficient (Wildman–Crippen LogP) is 2.83. The van der Waals surface area contributed by atoms with Crippen molar-refractivity contribution in [2.75, 3.05) is 0 Å². The van der Waals surface area contributed by atoms with Gasteiger partial charge in [-0.1, -0.05) is 34.1 Å². The number of rotatable bonds is 2. The number of benzene rings is 1. The summed E-state index contributed by atoms with van der Waals surface area (Å²) in [6.45, 7) is 0. The van der Waals surface area contributed by atoms with Gasteiger partial charge in [0.05, 0.1) is 16.2 Å². The molecule has 2 rings (SSSR count). The van der Waals surface area contributed by atoms with Crippen LogP contribution < -0.4 is 4.84 Å². The van der Waals surface area contributed by atoms with E-state index in [-0.39, 0.29) is 0 Å². The second-order valence-corrected chi connectivity index (χ2v) is 3.30. The normalized spacial score (nSPS) is 10.1. The van der Waals surface area contributed by atoms with Gasteiger partial charge in [0, 0.05) is 0 Å².